The fraction of sp³-hybridized carbons (Fsp3) is 0.500. The van der Waals surface area contributed by atoms with Crippen molar-refractivity contribution < 1.29 is 0 Å². The summed E-state index contributed by atoms with van der Waals surface area (Å²) in [6.45, 7) is 3.25. The Hall–Kier alpha value is -1.60. The van der Waals surface area contributed by atoms with Crippen LogP contribution in [-0.4, -0.2) is 23.6 Å². The van der Waals surface area contributed by atoms with E-state index >= 15 is 0 Å². The first kappa shape index (κ1) is 10.9. The second kappa shape index (κ2) is 4.95. The van der Waals surface area contributed by atoms with Crippen LogP contribution in [0.4, 0.5) is 5.69 Å². The van der Waals surface area contributed by atoms with Crippen molar-refractivity contribution in [1.82, 2.24) is 10.3 Å². The van der Waals surface area contributed by atoms with E-state index < -0.39 is 0 Å². The van der Waals surface area contributed by atoms with Crippen molar-refractivity contribution in [2.24, 2.45) is 0 Å². The lowest BCUT2D eigenvalue weighted by atomic mass is 10.0. The molecule has 2 rings (SSSR count). The van der Waals surface area contributed by atoms with Gasteiger partial charge in [-0.1, -0.05) is 0 Å². The van der Waals surface area contributed by atoms with Crippen LogP contribution >= 0.6 is 0 Å². The first-order valence-corrected chi connectivity index (χ1v) is 5.64. The third kappa shape index (κ3) is 2.71. The summed E-state index contributed by atoms with van der Waals surface area (Å²) in [5.41, 5.74) is 1.46. The smallest absolute Gasteiger partial charge is 0.142 e. The molecule has 1 aliphatic rings. The second-order valence-corrected chi connectivity index (χ2v) is 4.26. The normalized spacial score (nSPS) is 24.8. The topological polar surface area (TPSA) is 60.7 Å². The maximum absolute atomic E-state index is 8.76. The molecule has 0 radical (unpaired) electrons. The van der Waals surface area contributed by atoms with Crippen LogP contribution in [0.3, 0.4) is 0 Å². The Morgan fingerprint density at radius 3 is 3.25 bits per heavy atom. The number of anilines is 1. The van der Waals surface area contributed by atoms with Crippen LogP contribution in [0.15, 0.2) is 18.3 Å². The van der Waals surface area contributed by atoms with Crippen molar-refractivity contribution in [3.63, 3.8) is 0 Å². The van der Waals surface area contributed by atoms with Gasteiger partial charge in [0, 0.05) is 24.0 Å². The molecule has 0 aromatic carbocycles. The molecule has 1 aliphatic heterocycles. The number of hydrogen-bond acceptors (Lipinski definition) is 4. The fourth-order valence-electron chi connectivity index (χ4n) is 2.08. The molecule has 1 saturated heterocycles. The van der Waals surface area contributed by atoms with Crippen molar-refractivity contribution in [2.45, 2.75) is 31.8 Å². The van der Waals surface area contributed by atoms with Gasteiger partial charge < -0.3 is 10.6 Å². The largest absolute Gasteiger partial charge is 0.382 e. The van der Waals surface area contributed by atoms with Crippen LogP contribution in [-0.2, 0) is 0 Å². The van der Waals surface area contributed by atoms with Gasteiger partial charge in [-0.3, -0.25) is 0 Å². The highest BCUT2D eigenvalue weighted by Gasteiger charge is 2.17. The number of rotatable bonds is 2. The zero-order chi connectivity index (χ0) is 11.4. The van der Waals surface area contributed by atoms with Gasteiger partial charge in [0.1, 0.15) is 11.8 Å². The molecule has 4 heteroatoms. The molecule has 84 valence electrons. The summed E-state index contributed by atoms with van der Waals surface area (Å²) in [7, 11) is 0. The lowest BCUT2D eigenvalue weighted by molar-refractivity contribution is 0.396. The van der Waals surface area contributed by atoms with Crippen LogP contribution in [0.1, 0.15) is 25.5 Å². The Labute approximate surface area is 95.7 Å². The molecule has 1 fully saturated rings. The van der Waals surface area contributed by atoms with Gasteiger partial charge in [0.2, 0.25) is 0 Å². The van der Waals surface area contributed by atoms with E-state index in [0.717, 1.165) is 25.1 Å². The van der Waals surface area contributed by atoms with Gasteiger partial charge in [-0.25, -0.2) is 4.98 Å². The van der Waals surface area contributed by atoms with Gasteiger partial charge in [-0.2, -0.15) is 5.26 Å². The molecule has 0 bridgehead atoms. The van der Waals surface area contributed by atoms with Gasteiger partial charge in [-0.15, -0.1) is 0 Å². The minimum absolute atomic E-state index is 0.465. The molecule has 2 N–H and O–H groups in total. The quantitative estimate of drug-likeness (QED) is 0.786. The third-order valence-electron chi connectivity index (χ3n) is 2.87. The zero-order valence-corrected chi connectivity index (χ0v) is 9.40. The molecule has 0 aliphatic carbocycles. The summed E-state index contributed by atoms with van der Waals surface area (Å²) in [6, 6.07) is 6.81. The van der Waals surface area contributed by atoms with E-state index in [-0.39, 0.29) is 0 Å². The molecule has 2 atom stereocenters. The molecule has 0 spiro atoms. The average Bonchev–Trinajstić information content (AvgIpc) is 2.29. The van der Waals surface area contributed by atoms with E-state index in [1.807, 2.05) is 12.1 Å². The highest BCUT2D eigenvalue weighted by molar-refractivity contribution is 5.46. The summed E-state index contributed by atoms with van der Waals surface area (Å²) in [4.78, 5) is 3.95. The fourth-order valence-corrected chi connectivity index (χ4v) is 2.08. The monoisotopic (exact) mass is 216 g/mol. The van der Waals surface area contributed by atoms with E-state index in [2.05, 4.69) is 22.5 Å². The second-order valence-electron chi connectivity index (χ2n) is 4.26. The minimum Gasteiger partial charge on any atom is -0.382 e. The summed E-state index contributed by atoms with van der Waals surface area (Å²) in [5.74, 6) is 0. The Kier molecular flexibility index (Phi) is 3.37. The third-order valence-corrected chi connectivity index (χ3v) is 2.87. The molecular weight excluding hydrogens is 200 g/mol. The van der Waals surface area contributed by atoms with Gasteiger partial charge in [0.15, 0.2) is 0 Å². The Morgan fingerprint density at radius 1 is 1.62 bits per heavy atom. The van der Waals surface area contributed by atoms with E-state index in [9.17, 15) is 0 Å². The number of piperidine rings is 1. The number of nitrogens with one attached hydrogen (secondary N) is 2. The number of nitrogens with zero attached hydrogens (tertiary/aromatic N) is 2. The van der Waals surface area contributed by atoms with Crippen molar-refractivity contribution in [1.29, 1.82) is 5.26 Å². The molecule has 0 saturated carbocycles. The maximum atomic E-state index is 8.76. The molecule has 1 aromatic heterocycles. The summed E-state index contributed by atoms with van der Waals surface area (Å²) in [5, 5.41) is 15.6. The van der Waals surface area contributed by atoms with Crippen LogP contribution in [0, 0.1) is 11.3 Å². The highest BCUT2D eigenvalue weighted by Crippen LogP contribution is 2.15. The van der Waals surface area contributed by atoms with Gasteiger partial charge in [-0.05, 0) is 38.4 Å². The number of nitriles is 1. The molecule has 2 heterocycles. The number of aromatic nitrogens is 1. The number of pyridine rings is 1. The van der Waals surface area contributed by atoms with Crippen molar-refractivity contribution in [3.8, 4) is 6.07 Å². The first-order valence-electron chi connectivity index (χ1n) is 5.64. The van der Waals surface area contributed by atoms with Crippen LogP contribution in [0.25, 0.3) is 0 Å². The van der Waals surface area contributed by atoms with Gasteiger partial charge >= 0.3 is 0 Å². The summed E-state index contributed by atoms with van der Waals surface area (Å²) in [6.07, 6.45) is 3.91. The predicted molar refractivity (Wildman–Crippen MR) is 63.1 cm³/mol. The lowest BCUT2D eigenvalue weighted by Crippen LogP contribution is -2.41. The molecule has 1 aromatic rings. The molecule has 2 unspecified atom stereocenters. The lowest BCUT2D eigenvalue weighted by Gasteiger charge is -2.29. The average molecular weight is 216 g/mol. The van der Waals surface area contributed by atoms with Gasteiger partial charge in [0.05, 0.1) is 0 Å². The van der Waals surface area contributed by atoms with E-state index in [1.54, 1.807) is 12.3 Å². The van der Waals surface area contributed by atoms with Crippen molar-refractivity contribution in [3.05, 3.63) is 24.0 Å². The maximum Gasteiger partial charge on any atom is 0.142 e. The van der Waals surface area contributed by atoms with E-state index in [1.165, 1.54) is 0 Å². The van der Waals surface area contributed by atoms with Crippen LogP contribution < -0.4 is 10.6 Å². The number of hydrogen-bond donors (Lipinski definition) is 2. The minimum atomic E-state index is 0.465. The molecular formula is C12H16N4. The Balaban J connectivity index is 2.00. The molecule has 0 amide bonds. The van der Waals surface area contributed by atoms with Crippen molar-refractivity contribution in [2.75, 3.05) is 11.9 Å². The molecule has 16 heavy (non-hydrogen) atoms. The molecule has 4 nitrogen and oxygen atoms in total. The highest BCUT2D eigenvalue weighted by atomic mass is 15.0. The predicted octanol–water partition coefficient (Wildman–Crippen LogP) is 1.51. The Bertz CT molecular complexity index is 396. The zero-order valence-electron chi connectivity index (χ0n) is 9.40. The van der Waals surface area contributed by atoms with Gasteiger partial charge in [0.25, 0.3) is 0 Å². The van der Waals surface area contributed by atoms with E-state index in [4.69, 9.17) is 5.26 Å². The SMILES string of the molecule is CC1CC(Nc2ccnc(C#N)c2)CCN1. The summed E-state index contributed by atoms with van der Waals surface area (Å²) >= 11 is 0. The van der Waals surface area contributed by atoms with Crippen molar-refractivity contribution >= 4 is 5.69 Å². The van der Waals surface area contributed by atoms with E-state index in [0.29, 0.717) is 17.8 Å². The Morgan fingerprint density at radius 2 is 2.50 bits per heavy atom. The standard InChI is InChI=1S/C12H16N4/c1-9-6-10(2-4-14-9)16-11-3-5-15-12(7-11)8-13/h3,5,7,9-10,14H,2,4,6H2,1H3,(H,15,16). The summed E-state index contributed by atoms with van der Waals surface area (Å²) < 4.78 is 0. The van der Waals surface area contributed by atoms with Crippen LogP contribution in [0.5, 0.6) is 0 Å². The van der Waals surface area contributed by atoms with Crippen LogP contribution in [0.2, 0.25) is 0 Å². The first-order chi connectivity index (χ1) is 7.78.